The normalized spacial score (nSPS) is 10.3. The number of hydrogen-bond donors (Lipinski definition) is 1. The highest BCUT2D eigenvalue weighted by Crippen LogP contribution is 2.22. The zero-order valence-electron chi connectivity index (χ0n) is 9.88. The lowest BCUT2D eigenvalue weighted by Gasteiger charge is -2.08. The van der Waals surface area contributed by atoms with Gasteiger partial charge in [0.05, 0.1) is 16.3 Å². The van der Waals surface area contributed by atoms with Crippen LogP contribution < -0.4 is 5.32 Å². The number of hydrogen-bond acceptors (Lipinski definition) is 2. The minimum absolute atomic E-state index is 0.278. The van der Waals surface area contributed by atoms with Gasteiger partial charge >= 0.3 is 0 Å². The van der Waals surface area contributed by atoms with Gasteiger partial charge in [-0.25, -0.2) is 4.98 Å². The molecule has 0 fully saturated rings. The Labute approximate surface area is 138 Å². The molecule has 2 rings (SSSR count). The van der Waals surface area contributed by atoms with E-state index in [0.717, 1.165) is 13.7 Å². The zero-order valence-corrected chi connectivity index (χ0v) is 14.4. The van der Waals surface area contributed by atoms with E-state index in [1.165, 1.54) is 0 Å². The van der Waals surface area contributed by atoms with Crippen molar-refractivity contribution in [3.8, 4) is 0 Å². The van der Waals surface area contributed by atoms with Crippen molar-refractivity contribution in [2.24, 2.45) is 0 Å². The lowest BCUT2D eigenvalue weighted by molar-refractivity contribution is 0.102. The smallest absolute Gasteiger partial charge is 0.258 e. The molecule has 0 atom stereocenters. The fourth-order valence-corrected chi connectivity index (χ4v) is 2.33. The molecular weight excluding hydrogens is 442 g/mol. The van der Waals surface area contributed by atoms with Gasteiger partial charge in [0.15, 0.2) is 0 Å². The number of halogens is 3. The number of carbonyl (C=O) groups excluding carboxylic acids is 1. The molecule has 0 saturated carbocycles. The maximum absolute atomic E-state index is 12.1. The van der Waals surface area contributed by atoms with Crippen LogP contribution in [-0.2, 0) is 0 Å². The van der Waals surface area contributed by atoms with Crippen LogP contribution in [-0.4, -0.2) is 10.9 Å². The predicted molar refractivity (Wildman–Crippen MR) is 88.8 cm³/mol. The number of rotatable bonds is 2. The number of nitrogens with one attached hydrogen (secondary N) is 1. The Morgan fingerprint density at radius 1 is 1.37 bits per heavy atom. The average molecular weight is 451 g/mol. The molecule has 0 aliphatic carbocycles. The summed E-state index contributed by atoms with van der Waals surface area (Å²) in [6.45, 7) is 1.89. The van der Waals surface area contributed by atoms with E-state index in [4.69, 9.17) is 11.6 Å². The summed E-state index contributed by atoms with van der Waals surface area (Å²) in [6.07, 6.45) is 0. The van der Waals surface area contributed by atoms with E-state index in [9.17, 15) is 4.79 Å². The molecule has 0 radical (unpaired) electrons. The van der Waals surface area contributed by atoms with Crippen molar-refractivity contribution in [3.05, 3.63) is 54.7 Å². The minimum atomic E-state index is -0.278. The lowest BCUT2D eigenvalue weighted by Crippen LogP contribution is -2.14. The summed E-state index contributed by atoms with van der Waals surface area (Å²) in [6, 6.07) is 8.80. The Hall–Kier alpha value is -0.660. The Balaban J connectivity index is 2.25. The van der Waals surface area contributed by atoms with Crippen molar-refractivity contribution in [1.82, 2.24) is 4.98 Å². The second-order valence-corrected chi connectivity index (χ2v) is 6.33. The first-order valence-corrected chi connectivity index (χ1v) is 7.62. The molecule has 1 heterocycles. The number of pyridine rings is 1. The topological polar surface area (TPSA) is 42.0 Å². The van der Waals surface area contributed by atoms with Crippen LogP contribution in [0.1, 0.15) is 16.1 Å². The molecule has 1 N–H and O–H groups in total. The third kappa shape index (κ3) is 3.67. The van der Waals surface area contributed by atoms with E-state index < -0.39 is 0 Å². The minimum Gasteiger partial charge on any atom is -0.307 e. The van der Waals surface area contributed by atoms with Gasteiger partial charge in [-0.05, 0) is 59.8 Å². The van der Waals surface area contributed by atoms with Crippen LogP contribution in [0.3, 0.4) is 0 Å². The van der Waals surface area contributed by atoms with Crippen LogP contribution in [0.15, 0.2) is 34.8 Å². The van der Waals surface area contributed by atoms with Gasteiger partial charge in [0.25, 0.3) is 5.91 Å². The highest BCUT2D eigenvalue weighted by atomic mass is 127. The number of aryl methyl sites for hydroxylation is 1. The van der Waals surface area contributed by atoms with Gasteiger partial charge < -0.3 is 5.32 Å². The molecule has 0 spiro atoms. The molecule has 19 heavy (non-hydrogen) atoms. The van der Waals surface area contributed by atoms with Gasteiger partial charge in [-0.2, -0.15) is 0 Å². The summed E-state index contributed by atoms with van der Waals surface area (Å²) in [5.41, 5.74) is 1.28. The highest BCUT2D eigenvalue weighted by Gasteiger charge is 2.12. The monoisotopic (exact) mass is 450 g/mol. The van der Waals surface area contributed by atoms with Crippen LogP contribution in [0.2, 0.25) is 5.02 Å². The van der Waals surface area contributed by atoms with Gasteiger partial charge in [-0.1, -0.05) is 27.5 Å². The molecule has 1 aromatic carbocycles. The van der Waals surface area contributed by atoms with Crippen molar-refractivity contribution in [2.45, 2.75) is 6.92 Å². The maximum atomic E-state index is 12.1. The number of nitrogens with zero attached hydrogens (tertiary/aromatic N) is 1. The van der Waals surface area contributed by atoms with Crippen LogP contribution >= 0.6 is 50.1 Å². The second-order valence-electron chi connectivity index (χ2n) is 3.84. The van der Waals surface area contributed by atoms with E-state index in [0.29, 0.717) is 16.4 Å². The molecule has 6 heteroatoms. The fraction of sp³-hybridized carbons (Fsp3) is 0.0769. The number of aromatic nitrogens is 1. The summed E-state index contributed by atoms with van der Waals surface area (Å²) >= 11 is 11.5. The molecular formula is C13H9BrClIN2O. The summed E-state index contributed by atoms with van der Waals surface area (Å²) < 4.78 is 1.85. The van der Waals surface area contributed by atoms with Gasteiger partial charge in [0, 0.05) is 8.04 Å². The molecule has 0 aliphatic heterocycles. The first-order valence-electron chi connectivity index (χ1n) is 5.37. The van der Waals surface area contributed by atoms with Crippen molar-refractivity contribution in [2.75, 3.05) is 5.32 Å². The number of benzene rings is 1. The quantitative estimate of drug-likeness (QED) is 0.675. The van der Waals surface area contributed by atoms with Crippen LogP contribution in [0.5, 0.6) is 0 Å². The number of carbonyl (C=O) groups is 1. The fourth-order valence-electron chi connectivity index (χ4n) is 1.47. The maximum Gasteiger partial charge on any atom is 0.258 e. The third-order valence-corrected chi connectivity index (χ3v) is 4.40. The first-order chi connectivity index (χ1) is 8.97. The molecule has 1 aromatic heterocycles. The highest BCUT2D eigenvalue weighted by molar-refractivity contribution is 14.1. The van der Waals surface area contributed by atoms with E-state index in [1.54, 1.807) is 24.3 Å². The number of amides is 1. The van der Waals surface area contributed by atoms with E-state index in [1.807, 2.05) is 13.0 Å². The van der Waals surface area contributed by atoms with E-state index >= 15 is 0 Å². The standard InChI is InChI=1S/C13H9BrClIN2O/c1-7-11(16)4-5-12(17-7)18-13(19)9-6-8(14)2-3-10(9)15/h2-6H,1H3,(H,17,18,19). The third-order valence-electron chi connectivity index (χ3n) is 2.44. The summed E-state index contributed by atoms with van der Waals surface area (Å²) in [5.74, 6) is 0.235. The molecule has 0 saturated heterocycles. The molecule has 98 valence electrons. The second kappa shape index (κ2) is 6.19. The number of anilines is 1. The van der Waals surface area contributed by atoms with Crippen molar-refractivity contribution in [1.29, 1.82) is 0 Å². The Kier molecular flexibility index (Phi) is 4.81. The molecule has 0 unspecified atom stereocenters. The Bertz CT molecular complexity index is 649. The van der Waals surface area contributed by atoms with Crippen molar-refractivity contribution < 1.29 is 4.79 Å². The van der Waals surface area contributed by atoms with Gasteiger partial charge in [0.2, 0.25) is 0 Å². The Morgan fingerprint density at radius 2 is 2.11 bits per heavy atom. The van der Waals surface area contributed by atoms with Crippen LogP contribution in [0, 0.1) is 10.5 Å². The van der Waals surface area contributed by atoms with E-state index in [2.05, 4.69) is 48.8 Å². The predicted octanol–water partition coefficient (Wildman–Crippen LogP) is 4.66. The zero-order chi connectivity index (χ0) is 14.0. The Morgan fingerprint density at radius 3 is 2.79 bits per heavy atom. The molecule has 1 amide bonds. The first kappa shape index (κ1) is 14.7. The van der Waals surface area contributed by atoms with Gasteiger partial charge in [-0.3, -0.25) is 4.79 Å². The SMILES string of the molecule is Cc1nc(NC(=O)c2cc(Br)ccc2Cl)ccc1I. The van der Waals surface area contributed by atoms with E-state index in [-0.39, 0.29) is 5.91 Å². The lowest BCUT2D eigenvalue weighted by atomic mass is 10.2. The van der Waals surface area contributed by atoms with Gasteiger partial charge in [0.1, 0.15) is 5.82 Å². The molecule has 2 aromatic rings. The van der Waals surface area contributed by atoms with Gasteiger partial charge in [-0.15, -0.1) is 0 Å². The van der Waals surface area contributed by atoms with Crippen molar-refractivity contribution in [3.63, 3.8) is 0 Å². The largest absolute Gasteiger partial charge is 0.307 e. The molecule has 3 nitrogen and oxygen atoms in total. The molecule has 0 aliphatic rings. The summed E-state index contributed by atoms with van der Waals surface area (Å²) in [4.78, 5) is 16.4. The van der Waals surface area contributed by atoms with Crippen LogP contribution in [0.25, 0.3) is 0 Å². The molecule has 0 bridgehead atoms. The average Bonchev–Trinajstić information content (AvgIpc) is 2.36. The summed E-state index contributed by atoms with van der Waals surface area (Å²) in [5, 5.41) is 3.14. The van der Waals surface area contributed by atoms with Crippen molar-refractivity contribution >= 4 is 61.8 Å². The summed E-state index contributed by atoms with van der Waals surface area (Å²) in [7, 11) is 0. The van der Waals surface area contributed by atoms with Crippen LogP contribution in [0.4, 0.5) is 5.82 Å².